The monoisotopic (exact) mass is 385 g/mol. The minimum Gasteiger partial charge on any atom is -0.348 e. The van der Waals surface area contributed by atoms with Crippen LogP contribution in [0.3, 0.4) is 0 Å². The van der Waals surface area contributed by atoms with Gasteiger partial charge in [-0.2, -0.15) is 0 Å². The van der Waals surface area contributed by atoms with Crippen molar-refractivity contribution in [2.24, 2.45) is 0 Å². The molecule has 4 rings (SSSR count). The lowest BCUT2D eigenvalue weighted by Gasteiger charge is -2.06. The number of hydrogen-bond donors (Lipinski definition) is 1. The Hall–Kier alpha value is -3.87. The minimum atomic E-state index is -0.244. The summed E-state index contributed by atoms with van der Waals surface area (Å²) in [6, 6.07) is 11.3. The molecule has 0 fully saturated rings. The van der Waals surface area contributed by atoms with Gasteiger partial charge in [-0.05, 0) is 35.9 Å². The Morgan fingerprint density at radius 1 is 1.07 bits per heavy atom. The van der Waals surface area contributed by atoms with Gasteiger partial charge in [-0.25, -0.2) is 9.97 Å². The first-order chi connectivity index (χ1) is 14.2. The first-order valence-corrected chi connectivity index (χ1v) is 9.29. The Labute approximate surface area is 167 Å². The van der Waals surface area contributed by atoms with E-state index in [4.69, 9.17) is 0 Å². The van der Waals surface area contributed by atoms with Crippen LogP contribution in [0.15, 0.2) is 67.4 Å². The predicted molar refractivity (Wildman–Crippen MR) is 109 cm³/mol. The molecule has 0 saturated heterocycles. The second kappa shape index (κ2) is 8.02. The predicted octanol–water partition coefficient (Wildman–Crippen LogP) is 3.47. The van der Waals surface area contributed by atoms with Crippen LogP contribution >= 0.6 is 0 Å². The molecule has 0 spiro atoms. The van der Waals surface area contributed by atoms with E-state index in [0.717, 1.165) is 22.0 Å². The van der Waals surface area contributed by atoms with Crippen LogP contribution in [-0.2, 0) is 6.54 Å². The second-order valence-electron chi connectivity index (χ2n) is 6.55. The Bertz CT molecular complexity index is 1170. The van der Waals surface area contributed by atoms with Crippen molar-refractivity contribution in [2.75, 3.05) is 0 Å². The van der Waals surface area contributed by atoms with Crippen LogP contribution in [0, 0.1) is 0 Å². The molecule has 0 radical (unpaired) electrons. The van der Waals surface area contributed by atoms with E-state index >= 15 is 0 Å². The molecule has 1 amide bonds. The number of fused-ring (bicyclic) bond motifs is 1. The van der Waals surface area contributed by atoms with Crippen LogP contribution in [0.4, 0.5) is 0 Å². The standard InChI is InChI=1S/C22H19N5O2/c1-2-20(28)27-9-7-16-10-17(5-6-19(16)27)21-24-13-18(14-25-21)22(29)26-12-15-4-3-8-23-11-15/h3-11,13-14H,2,12H2,1H3,(H,26,29). The molecular weight excluding hydrogens is 366 g/mol. The Kier molecular flexibility index (Phi) is 5.11. The third-order valence-electron chi connectivity index (χ3n) is 4.61. The van der Waals surface area contributed by atoms with Crippen LogP contribution in [0.5, 0.6) is 0 Å². The fourth-order valence-electron chi connectivity index (χ4n) is 3.05. The van der Waals surface area contributed by atoms with E-state index in [-0.39, 0.29) is 11.8 Å². The largest absolute Gasteiger partial charge is 0.348 e. The summed E-state index contributed by atoms with van der Waals surface area (Å²) in [6.07, 6.45) is 8.63. The average Bonchev–Trinajstić information content (AvgIpc) is 3.21. The van der Waals surface area contributed by atoms with E-state index in [2.05, 4.69) is 20.3 Å². The lowest BCUT2D eigenvalue weighted by molar-refractivity contribution is 0.0912. The summed E-state index contributed by atoms with van der Waals surface area (Å²) in [7, 11) is 0. The maximum atomic E-state index is 12.3. The smallest absolute Gasteiger partial charge is 0.254 e. The fraction of sp³-hybridized carbons (Fsp3) is 0.136. The molecule has 0 bridgehead atoms. The summed E-state index contributed by atoms with van der Waals surface area (Å²) >= 11 is 0. The van der Waals surface area contributed by atoms with Crippen molar-refractivity contribution in [1.29, 1.82) is 0 Å². The maximum Gasteiger partial charge on any atom is 0.254 e. The number of hydrogen-bond acceptors (Lipinski definition) is 5. The molecule has 0 aliphatic rings. The normalized spacial score (nSPS) is 10.8. The molecule has 3 heterocycles. The molecule has 0 saturated carbocycles. The number of amides is 1. The molecule has 0 aliphatic carbocycles. The molecule has 4 aromatic rings. The molecule has 1 aromatic carbocycles. The third kappa shape index (κ3) is 3.89. The number of carbonyl (C=O) groups excluding carboxylic acids is 2. The summed E-state index contributed by atoms with van der Waals surface area (Å²) in [5.41, 5.74) is 2.98. The van der Waals surface area contributed by atoms with Gasteiger partial charge in [0.05, 0.1) is 11.1 Å². The van der Waals surface area contributed by atoms with Crippen molar-refractivity contribution in [1.82, 2.24) is 24.8 Å². The summed E-state index contributed by atoms with van der Waals surface area (Å²) in [6.45, 7) is 2.23. The minimum absolute atomic E-state index is 0.0469. The van der Waals surface area contributed by atoms with Crippen LogP contribution in [-0.4, -0.2) is 31.3 Å². The molecular formula is C22H19N5O2. The number of pyridine rings is 1. The fourth-order valence-corrected chi connectivity index (χ4v) is 3.05. The number of nitrogens with one attached hydrogen (secondary N) is 1. The van der Waals surface area contributed by atoms with Crippen LogP contribution in [0.25, 0.3) is 22.3 Å². The highest BCUT2D eigenvalue weighted by Gasteiger charge is 2.11. The van der Waals surface area contributed by atoms with Crippen molar-refractivity contribution in [3.8, 4) is 11.4 Å². The van der Waals surface area contributed by atoms with E-state index in [1.54, 1.807) is 23.2 Å². The highest BCUT2D eigenvalue weighted by molar-refractivity contribution is 5.95. The van der Waals surface area contributed by atoms with Gasteiger partial charge in [0.1, 0.15) is 0 Å². The van der Waals surface area contributed by atoms with Crippen molar-refractivity contribution in [2.45, 2.75) is 19.9 Å². The number of benzene rings is 1. The van der Waals surface area contributed by atoms with E-state index in [0.29, 0.717) is 24.4 Å². The van der Waals surface area contributed by atoms with Crippen molar-refractivity contribution in [3.63, 3.8) is 0 Å². The van der Waals surface area contributed by atoms with Gasteiger partial charge in [0.15, 0.2) is 5.82 Å². The summed E-state index contributed by atoms with van der Waals surface area (Å²) in [5, 5.41) is 3.76. The molecule has 0 aliphatic heterocycles. The number of aromatic nitrogens is 4. The van der Waals surface area contributed by atoms with Crippen LogP contribution < -0.4 is 5.32 Å². The second-order valence-corrected chi connectivity index (χ2v) is 6.55. The average molecular weight is 385 g/mol. The molecule has 29 heavy (non-hydrogen) atoms. The molecule has 7 heteroatoms. The Morgan fingerprint density at radius 3 is 2.62 bits per heavy atom. The van der Waals surface area contributed by atoms with E-state index < -0.39 is 0 Å². The van der Waals surface area contributed by atoms with Gasteiger partial charge in [-0.3, -0.25) is 19.1 Å². The van der Waals surface area contributed by atoms with Gasteiger partial charge in [0, 0.05) is 54.9 Å². The molecule has 0 atom stereocenters. The van der Waals surface area contributed by atoms with E-state index in [1.165, 1.54) is 12.4 Å². The van der Waals surface area contributed by atoms with Gasteiger partial charge in [0.2, 0.25) is 5.91 Å². The number of nitrogens with zero attached hydrogens (tertiary/aromatic N) is 4. The van der Waals surface area contributed by atoms with Gasteiger partial charge in [-0.15, -0.1) is 0 Å². The first kappa shape index (κ1) is 18.5. The summed E-state index contributed by atoms with van der Waals surface area (Å²) in [4.78, 5) is 37.0. The van der Waals surface area contributed by atoms with Gasteiger partial charge in [-0.1, -0.05) is 13.0 Å². The molecule has 7 nitrogen and oxygen atoms in total. The highest BCUT2D eigenvalue weighted by Crippen LogP contribution is 2.23. The summed E-state index contributed by atoms with van der Waals surface area (Å²) < 4.78 is 1.65. The number of rotatable bonds is 5. The molecule has 0 unspecified atom stereocenters. The van der Waals surface area contributed by atoms with Gasteiger partial charge in [0.25, 0.3) is 5.91 Å². The topological polar surface area (TPSA) is 89.8 Å². The SMILES string of the molecule is CCC(=O)n1ccc2cc(-c3ncc(C(=O)NCc4cccnc4)cn3)ccc21. The van der Waals surface area contributed by atoms with Gasteiger partial charge >= 0.3 is 0 Å². The van der Waals surface area contributed by atoms with Crippen molar-refractivity contribution < 1.29 is 9.59 Å². The zero-order valence-corrected chi connectivity index (χ0v) is 15.9. The van der Waals surface area contributed by atoms with Gasteiger partial charge < -0.3 is 5.32 Å². The van der Waals surface area contributed by atoms with E-state index in [9.17, 15) is 9.59 Å². The van der Waals surface area contributed by atoms with Crippen LogP contribution in [0.2, 0.25) is 0 Å². The highest BCUT2D eigenvalue weighted by atomic mass is 16.2. The molecule has 3 aromatic heterocycles. The van der Waals surface area contributed by atoms with Crippen LogP contribution in [0.1, 0.15) is 34.1 Å². The Morgan fingerprint density at radius 2 is 1.90 bits per heavy atom. The Balaban J connectivity index is 1.50. The quantitative estimate of drug-likeness (QED) is 0.568. The zero-order valence-electron chi connectivity index (χ0n) is 15.9. The lowest BCUT2D eigenvalue weighted by atomic mass is 10.1. The van der Waals surface area contributed by atoms with E-state index in [1.807, 2.05) is 43.3 Å². The number of carbonyl (C=O) groups is 2. The molecule has 144 valence electrons. The summed E-state index contributed by atoms with van der Waals surface area (Å²) in [5.74, 6) is 0.321. The first-order valence-electron chi connectivity index (χ1n) is 9.29. The zero-order chi connectivity index (χ0) is 20.2. The lowest BCUT2D eigenvalue weighted by Crippen LogP contribution is -2.23. The maximum absolute atomic E-state index is 12.3. The molecule has 1 N–H and O–H groups in total. The van der Waals surface area contributed by atoms with Crippen molar-refractivity contribution in [3.05, 3.63) is 78.5 Å². The van der Waals surface area contributed by atoms with Crippen molar-refractivity contribution >= 4 is 22.7 Å². The third-order valence-corrected chi connectivity index (χ3v) is 4.61.